The molecule has 0 unspecified atom stereocenters. The summed E-state index contributed by atoms with van der Waals surface area (Å²) >= 11 is 0. The van der Waals surface area contributed by atoms with Crippen LogP contribution in [0.15, 0.2) is 66.7 Å². The normalized spacial score (nSPS) is 13.2. The van der Waals surface area contributed by atoms with Crippen molar-refractivity contribution >= 4 is 5.69 Å². The zero-order chi connectivity index (χ0) is 29.7. The summed E-state index contributed by atoms with van der Waals surface area (Å²) in [7, 11) is 4.20. The van der Waals surface area contributed by atoms with Gasteiger partial charge >= 0.3 is 0 Å². The van der Waals surface area contributed by atoms with E-state index in [0.717, 1.165) is 22.8 Å². The molecule has 3 aromatic carbocycles. The smallest absolute Gasteiger partial charge is 0.159 e. The van der Waals surface area contributed by atoms with E-state index in [4.69, 9.17) is 9.97 Å². The van der Waals surface area contributed by atoms with Gasteiger partial charge < -0.3 is 4.90 Å². The molecule has 0 spiro atoms. The molecule has 5 rings (SSSR count). The van der Waals surface area contributed by atoms with E-state index in [2.05, 4.69) is 113 Å². The monoisotopic (exact) mass is 559 g/mol. The first-order valence-corrected chi connectivity index (χ1v) is 16.3. The number of aryl methyl sites for hydroxylation is 2. The number of aromatic nitrogens is 2. The van der Waals surface area contributed by atoms with Gasteiger partial charge in [0.1, 0.15) is 0 Å². The van der Waals surface area contributed by atoms with Gasteiger partial charge in [-0.15, -0.1) is 0 Å². The molecule has 0 atom stereocenters. The number of rotatable bonds is 13. The summed E-state index contributed by atoms with van der Waals surface area (Å²) in [6, 6.07) is 25.4. The summed E-state index contributed by atoms with van der Waals surface area (Å²) in [5, 5.41) is 0. The van der Waals surface area contributed by atoms with Crippen LogP contribution in [0, 0.1) is 13.8 Å². The fraction of sp³-hybridized carbons (Fsp3) is 0.436. The quantitative estimate of drug-likeness (QED) is 0.153. The van der Waals surface area contributed by atoms with Crippen molar-refractivity contribution in [3.8, 4) is 33.6 Å². The lowest BCUT2D eigenvalue weighted by atomic mass is 9.70. The summed E-state index contributed by atoms with van der Waals surface area (Å²) in [6.45, 7) is 8.76. The molecule has 1 aromatic heterocycles. The molecule has 1 heterocycles. The van der Waals surface area contributed by atoms with Crippen LogP contribution in [-0.4, -0.2) is 24.1 Å². The number of benzene rings is 3. The highest BCUT2D eigenvalue weighted by molar-refractivity contribution is 5.85. The lowest BCUT2D eigenvalue weighted by Gasteiger charge is -2.33. The van der Waals surface area contributed by atoms with Gasteiger partial charge in [-0.2, -0.15) is 0 Å². The number of hydrogen-bond acceptors (Lipinski definition) is 3. The zero-order valence-electron chi connectivity index (χ0n) is 26.8. The molecular formula is C39H49N3. The summed E-state index contributed by atoms with van der Waals surface area (Å²) in [4.78, 5) is 11.9. The van der Waals surface area contributed by atoms with Gasteiger partial charge in [0.15, 0.2) is 5.82 Å². The average molecular weight is 560 g/mol. The summed E-state index contributed by atoms with van der Waals surface area (Å²) in [5.74, 6) is 0.846. The maximum Gasteiger partial charge on any atom is 0.159 e. The Balaban J connectivity index is 1.65. The van der Waals surface area contributed by atoms with Crippen molar-refractivity contribution in [1.29, 1.82) is 0 Å². The van der Waals surface area contributed by atoms with Crippen molar-refractivity contribution in [2.75, 3.05) is 19.0 Å². The van der Waals surface area contributed by atoms with E-state index in [0.29, 0.717) is 0 Å². The van der Waals surface area contributed by atoms with E-state index in [-0.39, 0.29) is 5.41 Å². The van der Waals surface area contributed by atoms with Crippen LogP contribution in [0.2, 0.25) is 0 Å². The lowest BCUT2D eigenvalue weighted by molar-refractivity contribution is 0.401. The molecule has 4 aromatic rings. The van der Waals surface area contributed by atoms with Crippen molar-refractivity contribution in [2.45, 2.75) is 97.3 Å². The Labute approximate surface area is 254 Å². The second-order valence-corrected chi connectivity index (χ2v) is 12.6. The molecule has 0 N–H and O–H groups in total. The highest BCUT2D eigenvalue weighted by Crippen LogP contribution is 2.55. The second-order valence-electron chi connectivity index (χ2n) is 12.6. The fourth-order valence-corrected chi connectivity index (χ4v) is 6.99. The van der Waals surface area contributed by atoms with E-state index in [1.54, 1.807) is 0 Å². The highest BCUT2D eigenvalue weighted by atomic mass is 15.1. The molecule has 0 saturated heterocycles. The topological polar surface area (TPSA) is 29.0 Å². The largest absolute Gasteiger partial charge is 0.378 e. The zero-order valence-corrected chi connectivity index (χ0v) is 26.8. The first kappa shape index (κ1) is 30.0. The van der Waals surface area contributed by atoms with Crippen LogP contribution in [0.4, 0.5) is 5.69 Å². The minimum atomic E-state index is 0.0145. The number of hydrogen-bond donors (Lipinski definition) is 0. The van der Waals surface area contributed by atoms with Crippen molar-refractivity contribution in [1.82, 2.24) is 9.97 Å². The lowest BCUT2D eigenvalue weighted by Crippen LogP contribution is -2.25. The molecule has 0 saturated carbocycles. The van der Waals surface area contributed by atoms with E-state index in [1.807, 2.05) is 0 Å². The van der Waals surface area contributed by atoms with Gasteiger partial charge in [0, 0.05) is 42.1 Å². The van der Waals surface area contributed by atoms with Gasteiger partial charge in [-0.05, 0) is 90.4 Å². The minimum absolute atomic E-state index is 0.0145. The van der Waals surface area contributed by atoms with Gasteiger partial charge in [-0.3, -0.25) is 0 Å². The molecular weight excluding hydrogens is 510 g/mol. The van der Waals surface area contributed by atoms with E-state index < -0.39 is 0 Å². The number of nitrogens with zero attached hydrogens (tertiary/aromatic N) is 3. The predicted octanol–water partition coefficient (Wildman–Crippen LogP) is 10.7. The maximum absolute atomic E-state index is 4.86. The Hall–Kier alpha value is -3.46. The molecule has 1 aliphatic rings. The first-order chi connectivity index (χ1) is 20.4. The molecule has 0 bridgehead atoms. The van der Waals surface area contributed by atoms with E-state index in [1.165, 1.54) is 103 Å². The summed E-state index contributed by atoms with van der Waals surface area (Å²) < 4.78 is 0. The van der Waals surface area contributed by atoms with Crippen LogP contribution < -0.4 is 4.90 Å². The molecule has 42 heavy (non-hydrogen) atoms. The van der Waals surface area contributed by atoms with Crippen molar-refractivity contribution in [3.05, 3.63) is 89.2 Å². The third-order valence-corrected chi connectivity index (χ3v) is 9.23. The van der Waals surface area contributed by atoms with E-state index in [9.17, 15) is 0 Å². The van der Waals surface area contributed by atoms with Crippen molar-refractivity contribution in [3.63, 3.8) is 0 Å². The minimum Gasteiger partial charge on any atom is -0.378 e. The average Bonchev–Trinajstić information content (AvgIpc) is 3.25. The fourth-order valence-electron chi connectivity index (χ4n) is 6.99. The molecule has 0 radical (unpaired) electrons. The third-order valence-electron chi connectivity index (χ3n) is 9.23. The number of unbranched alkanes of at least 4 members (excludes halogenated alkanes) is 6. The molecule has 0 fully saturated rings. The van der Waals surface area contributed by atoms with Crippen molar-refractivity contribution < 1.29 is 0 Å². The SMILES string of the molecule is CCCCCCC1(CCCCCC)c2cc(-c3ccc(N(C)C)cc3)ccc2-c2ccc(-c3nc(C)cc(C)n3)cc21. The third kappa shape index (κ3) is 6.16. The Morgan fingerprint density at radius 2 is 1.07 bits per heavy atom. The number of anilines is 1. The van der Waals surface area contributed by atoms with Gasteiger partial charge in [0.25, 0.3) is 0 Å². The molecule has 0 aliphatic heterocycles. The van der Waals surface area contributed by atoms with Crippen LogP contribution >= 0.6 is 0 Å². The standard InChI is InChI=1S/C39H49N3/c1-7-9-11-13-23-39(24-14-12-10-8-2)36-26-31(30-15-19-33(20-16-30)42(5)6)17-21-34(36)35-22-18-32(27-37(35)39)38-40-28(3)25-29(4)41-38/h15-22,25-27H,7-14,23-24H2,1-6H3. The molecule has 0 amide bonds. The van der Waals surface area contributed by atoms with Crippen molar-refractivity contribution in [2.24, 2.45) is 0 Å². The number of fused-ring (bicyclic) bond motifs is 3. The Bertz CT molecular complexity index is 1470. The Morgan fingerprint density at radius 1 is 0.571 bits per heavy atom. The molecule has 3 nitrogen and oxygen atoms in total. The molecule has 220 valence electrons. The Morgan fingerprint density at radius 3 is 1.60 bits per heavy atom. The second kappa shape index (κ2) is 13.2. The van der Waals surface area contributed by atoms with Crippen LogP contribution in [0.25, 0.3) is 33.6 Å². The predicted molar refractivity (Wildman–Crippen MR) is 180 cm³/mol. The van der Waals surface area contributed by atoms with Gasteiger partial charge in [-0.1, -0.05) is 102 Å². The molecule has 1 aliphatic carbocycles. The maximum atomic E-state index is 4.86. The summed E-state index contributed by atoms with van der Waals surface area (Å²) in [6.07, 6.45) is 12.6. The van der Waals surface area contributed by atoms with Gasteiger partial charge in [0.2, 0.25) is 0 Å². The van der Waals surface area contributed by atoms with E-state index >= 15 is 0 Å². The highest BCUT2D eigenvalue weighted by Gasteiger charge is 2.42. The van der Waals surface area contributed by atoms with Crippen LogP contribution in [0.5, 0.6) is 0 Å². The molecule has 3 heteroatoms. The van der Waals surface area contributed by atoms with Crippen LogP contribution in [-0.2, 0) is 5.41 Å². The van der Waals surface area contributed by atoms with Crippen LogP contribution in [0.1, 0.15) is 101 Å². The van der Waals surface area contributed by atoms with Gasteiger partial charge in [-0.25, -0.2) is 9.97 Å². The van der Waals surface area contributed by atoms with Crippen LogP contribution in [0.3, 0.4) is 0 Å². The van der Waals surface area contributed by atoms with Gasteiger partial charge in [0.05, 0.1) is 0 Å². The summed E-state index contributed by atoms with van der Waals surface area (Å²) in [5.41, 5.74) is 12.9. The first-order valence-electron chi connectivity index (χ1n) is 16.3. The Kier molecular flexibility index (Phi) is 9.46.